The second-order valence-corrected chi connectivity index (χ2v) is 18.5. The van der Waals surface area contributed by atoms with Gasteiger partial charge in [0.1, 0.15) is 18.1 Å². The van der Waals surface area contributed by atoms with Gasteiger partial charge in [-0.2, -0.15) is 4.58 Å². The van der Waals surface area contributed by atoms with Gasteiger partial charge in [0.05, 0.1) is 17.7 Å². The van der Waals surface area contributed by atoms with E-state index in [0.29, 0.717) is 76.7 Å². The van der Waals surface area contributed by atoms with Crippen LogP contribution in [0.4, 0.5) is 11.4 Å². The lowest BCUT2D eigenvalue weighted by atomic mass is 9.81. The molecule has 0 amide bonds. The molecule has 340 valence electrons. The number of nitrogens with zero attached hydrogens (tertiary/aromatic N) is 2. The highest BCUT2D eigenvalue weighted by molar-refractivity contribution is 6.30. The van der Waals surface area contributed by atoms with Crippen molar-refractivity contribution in [2.24, 2.45) is 5.92 Å². The normalized spacial score (nSPS) is 17.3. The van der Waals surface area contributed by atoms with Gasteiger partial charge in [0.15, 0.2) is 12.3 Å². The van der Waals surface area contributed by atoms with E-state index < -0.39 is 0 Å². The summed E-state index contributed by atoms with van der Waals surface area (Å²) in [5.41, 5.74) is 11.8. The molecule has 1 aliphatic carbocycles. The molecule has 65 heavy (non-hydrogen) atoms. The van der Waals surface area contributed by atoms with Crippen LogP contribution in [0.25, 0.3) is 0 Å². The Morgan fingerprint density at radius 2 is 1.29 bits per heavy atom. The highest BCUT2D eigenvalue weighted by Gasteiger charge is 2.44. The van der Waals surface area contributed by atoms with E-state index in [-0.39, 0.29) is 28.7 Å². The summed E-state index contributed by atoms with van der Waals surface area (Å²) in [6.45, 7) is 12.8. The second kappa shape index (κ2) is 22.6. The molecule has 0 radical (unpaired) electrons. The standard InChI is InChI=1S/C56H64ClN2O6/c1-55(2)46-26-11-13-28-48(46)58(36-40-62-38-17-15-30-52(60)64-44-22-7-5-8-23-44)50(55)34-32-42-20-19-21-43(54(42)57)33-35-51-56(3,4)47-27-12-14-29-49(47)59(51)37-41-63-39-18-16-31-53(61)65-45-24-9-6-10-25-45/h5-14,22-29,32-34,43H,15-21,30-31,36-41H2,1-4H3/q+1/b34-32+. The largest absolute Gasteiger partial charge is 0.427 e. The third-order valence-electron chi connectivity index (χ3n) is 12.7. The Morgan fingerprint density at radius 1 is 0.708 bits per heavy atom. The molecule has 0 saturated carbocycles. The zero-order chi connectivity index (χ0) is 45.7. The number of rotatable bonds is 21. The number of unbranched alkanes of at least 4 members (excludes halogenated alkanes) is 2. The average molecular weight is 897 g/mol. The quantitative estimate of drug-likeness (QED) is 0.0271. The highest BCUT2D eigenvalue weighted by Crippen LogP contribution is 2.47. The van der Waals surface area contributed by atoms with E-state index in [4.69, 9.17) is 30.5 Å². The van der Waals surface area contributed by atoms with E-state index in [2.05, 4.69) is 110 Å². The molecule has 1 atom stereocenters. The second-order valence-electron chi connectivity index (χ2n) is 18.1. The van der Waals surface area contributed by atoms with Crippen LogP contribution in [-0.4, -0.2) is 61.7 Å². The molecule has 4 aromatic rings. The van der Waals surface area contributed by atoms with Crippen molar-refractivity contribution >= 4 is 40.6 Å². The molecule has 7 rings (SSSR count). The minimum absolute atomic E-state index is 0.0623. The summed E-state index contributed by atoms with van der Waals surface area (Å²) in [6.07, 6.45) is 13.4. The number of para-hydroxylation sites is 4. The molecule has 0 saturated heterocycles. The van der Waals surface area contributed by atoms with E-state index >= 15 is 0 Å². The first kappa shape index (κ1) is 47.5. The number of carbonyl (C=O) groups is 2. The minimum Gasteiger partial charge on any atom is -0.427 e. The molecule has 1 unspecified atom stereocenters. The van der Waals surface area contributed by atoms with Crippen molar-refractivity contribution < 1.29 is 33.1 Å². The number of esters is 2. The number of hydrogen-bond donors (Lipinski definition) is 0. The van der Waals surface area contributed by atoms with E-state index in [1.165, 1.54) is 33.8 Å². The fourth-order valence-electron chi connectivity index (χ4n) is 9.18. The Morgan fingerprint density at radius 3 is 1.95 bits per heavy atom. The molecule has 8 nitrogen and oxygen atoms in total. The lowest BCUT2D eigenvalue weighted by Crippen LogP contribution is -2.29. The number of carbonyl (C=O) groups excluding carboxylic acids is 2. The predicted octanol–water partition coefficient (Wildman–Crippen LogP) is 12.3. The van der Waals surface area contributed by atoms with Crippen LogP contribution < -0.4 is 14.4 Å². The fraction of sp³-hybridized carbons (Fsp3) is 0.393. The highest BCUT2D eigenvalue weighted by atomic mass is 35.5. The Bertz CT molecular complexity index is 2430. The van der Waals surface area contributed by atoms with Gasteiger partial charge in [-0.3, -0.25) is 9.59 Å². The summed E-state index contributed by atoms with van der Waals surface area (Å²) >= 11 is 7.33. The molecule has 4 aromatic carbocycles. The third-order valence-corrected chi connectivity index (χ3v) is 13.2. The van der Waals surface area contributed by atoms with Crippen molar-refractivity contribution in [3.8, 4) is 11.5 Å². The van der Waals surface area contributed by atoms with Gasteiger partial charge in [0, 0.05) is 72.4 Å². The number of anilines is 1. The molecular weight excluding hydrogens is 832 g/mol. The average Bonchev–Trinajstić information content (AvgIpc) is 3.66. The Hall–Kier alpha value is -5.50. The third kappa shape index (κ3) is 12.0. The zero-order valence-electron chi connectivity index (χ0n) is 38.5. The summed E-state index contributed by atoms with van der Waals surface area (Å²) < 4.78 is 25.5. The summed E-state index contributed by atoms with van der Waals surface area (Å²) in [5, 5.41) is 0.882. The number of halogens is 1. The van der Waals surface area contributed by atoms with E-state index in [9.17, 15) is 9.59 Å². The molecule has 9 heteroatoms. The smallest absolute Gasteiger partial charge is 0.311 e. The van der Waals surface area contributed by atoms with Crippen molar-refractivity contribution in [3.63, 3.8) is 0 Å². The zero-order valence-corrected chi connectivity index (χ0v) is 39.3. The Balaban J connectivity index is 0.977. The maximum absolute atomic E-state index is 12.3. The topological polar surface area (TPSA) is 77.3 Å². The van der Waals surface area contributed by atoms with Gasteiger partial charge in [-0.25, -0.2) is 0 Å². The summed E-state index contributed by atoms with van der Waals surface area (Å²) in [6, 6.07) is 35.6. The first-order valence-corrected chi connectivity index (χ1v) is 23.7. The van der Waals surface area contributed by atoms with Crippen LogP contribution in [0.3, 0.4) is 0 Å². The monoisotopic (exact) mass is 895 g/mol. The molecule has 3 aliphatic rings. The van der Waals surface area contributed by atoms with Gasteiger partial charge in [0.2, 0.25) is 5.69 Å². The lowest BCUT2D eigenvalue weighted by Gasteiger charge is -2.26. The van der Waals surface area contributed by atoms with Gasteiger partial charge in [-0.15, -0.1) is 5.73 Å². The molecular formula is C56H64ClN2O6+. The van der Waals surface area contributed by atoms with Crippen LogP contribution in [0.2, 0.25) is 0 Å². The van der Waals surface area contributed by atoms with Crippen molar-refractivity contribution in [2.45, 2.75) is 96.3 Å². The van der Waals surface area contributed by atoms with Crippen molar-refractivity contribution in [1.82, 2.24) is 0 Å². The predicted molar refractivity (Wildman–Crippen MR) is 261 cm³/mol. The van der Waals surface area contributed by atoms with Crippen molar-refractivity contribution in [1.29, 1.82) is 0 Å². The van der Waals surface area contributed by atoms with Crippen LogP contribution >= 0.6 is 11.6 Å². The number of allylic oxidation sites excluding steroid dienone is 5. The summed E-state index contributed by atoms with van der Waals surface area (Å²) in [5.74, 6) is 0.774. The SMILES string of the molecule is CC1(C)C(=C=CC2CCCC(/C=C/C3=[N+](CCOCCCCC(=O)Oc4ccccc4)c4ccccc4C3(C)C)=C2Cl)N(CCOCCCCC(=O)Oc2ccccc2)c2ccccc21. The van der Waals surface area contributed by atoms with Gasteiger partial charge < -0.3 is 23.8 Å². The first-order chi connectivity index (χ1) is 31.5. The molecule has 0 spiro atoms. The van der Waals surface area contributed by atoms with E-state index in [0.717, 1.165) is 42.8 Å². The molecule has 0 fully saturated rings. The molecule has 2 heterocycles. The van der Waals surface area contributed by atoms with Crippen LogP contribution in [-0.2, 0) is 29.9 Å². The summed E-state index contributed by atoms with van der Waals surface area (Å²) in [4.78, 5) is 26.9. The first-order valence-electron chi connectivity index (χ1n) is 23.4. The van der Waals surface area contributed by atoms with Crippen LogP contribution in [0, 0.1) is 5.92 Å². The van der Waals surface area contributed by atoms with Crippen LogP contribution in [0.15, 0.2) is 149 Å². The van der Waals surface area contributed by atoms with Crippen LogP contribution in [0.5, 0.6) is 11.5 Å². The number of benzene rings is 4. The van der Waals surface area contributed by atoms with Crippen LogP contribution in [0.1, 0.15) is 96.6 Å². The maximum atomic E-state index is 12.3. The number of fused-ring (bicyclic) bond motifs is 2. The van der Waals surface area contributed by atoms with Crippen molar-refractivity contribution in [2.75, 3.05) is 44.4 Å². The Kier molecular flexibility index (Phi) is 16.5. The molecule has 0 bridgehead atoms. The number of ether oxygens (including phenoxy) is 4. The van der Waals surface area contributed by atoms with Gasteiger partial charge in [-0.05, 0) is 120 Å². The van der Waals surface area contributed by atoms with Crippen molar-refractivity contribution in [3.05, 3.63) is 161 Å². The maximum Gasteiger partial charge on any atom is 0.311 e. The van der Waals surface area contributed by atoms with Gasteiger partial charge >= 0.3 is 11.9 Å². The Labute approximate surface area is 390 Å². The number of hydrogen-bond acceptors (Lipinski definition) is 7. The summed E-state index contributed by atoms with van der Waals surface area (Å²) in [7, 11) is 0. The lowest BCUT2D eigenvalue weighted by molar-refractivity contribution is -0.442. The van der Waals surface area contributed by atoms with E-state index in [1.54, 1.807) is 24.3 Å². The van der Waals surface area contributed by atoms with E-state index in [1.807, 2.05) is 36.4 Å². The van der Waals surface area contributed by atoms with Gasteiger partial charge in [0.25, 0.3) is 0 Å². The molecule has 2 aliphatic heterocycles. The molecule has 0 aromatic heterocycles. The fourth-order valence-corrected chi connectivity index (χ4v) is 9.50. The minimum atomic E-state index is -0.247. The van der Waals surface area contributed by atoms with Gasteiger partial charge in [-0.1, -0.05) is 90.5 Å². The molecule has 0 N–H and O–H groups in total.